The molecule has 2 amide bonds. The molecule has 8 heteroatoms. The number of rotatable bonds is 4. The summed E-state index contributed by atoms with van der Waals surface area (Å²) in [5.41, 5.74) is -0.369. The number of nitrogens with one attached hydrogen (secondary N) is 1. The van der Waals surface area contributed by atoms with Crippen LogP contribution in [0.3, 0.4) is 0 Å². The minimum Gasteiger partial charge on any atom is -0.334 e. The first-order valence-corrected chi connectivity index (χ1v) is 9.48. The molecule has 0 radical (unpaired) electrons. The number of anilines is 1. The number of piperidine rings is 1. The van der Waals surface area contributed by atoms with Crippen molar-refractivity contribution >= 4 is 11.7 Å². The van der Waals surface area contributed by atoms with Crippen LogP contribution in [0.2, 0.25) is 0 Å². The first-order chi connectivity index (χ1) is 13.2. The van der Waals surface area contributed by atoms with E-state index in [4.69, 9.17) is 0 Å². The molecule has 28 heavy (non-hydrogen) atoms. The van der Waals surface area contributed by atoms with E-state index in [2.05, 4.69) is 28.7 Å². The average Bonchev–Trinajstić information content (AvgIpc) is 3.10. The quantitative estimate of drug-likeness (QED) is 0.796. The summed E-state index contributed by atoms with van der Waals surface area (Å²) in [4.78, 5) is 18.5. The first kappa shape index (κ1) is 20.2. The normalized spacial score (nSPS) is 15.9. The maximum atomic E-state index is 12.6. The Morgan fingerprint density at radius 1 is 1.21 bits per heavy atom. The standard InChI is InChI=1S/C20H25F3N4O/c1-14(2)18-24-9-12-27(18)13-15-7-10-26(11-8-15)19(28)25-17-5-3-16(4-6-17)20(21,22)23/h3-6,9,12,14-15H,7-8,10-11,13H2,1-2H3,(H,25,28). The second-order valence-corrected chi connectivity index (χ2v) is 7.53. The summed E-state index contributed by atoms with van der Waals surface area (Å²) in [6.45, 7) is 6.38. The topological polar surface area (TPSA) is 50.2 Å². The number of urea groups is 1. The molecule has 0 bridgehead atoms. The van der Waals surface area contributed by atoms with Crippen molar-refractivity contribution in [2.45, 2.75) is 45.3 Å². The van der Waals surface area contributed by atoms with Gasteiger partial charge in [0.15, 0.2) is 0 Å². The van der Waals surface area contributed by atoms with Gasteiger partial charge in [0.2, 0.25) is 0 Å². The monoisotopic (exact) mass is 394 g/mol. The summed E-state index contributed by atoms with van der Waals surface area (Å²) in [7, 11) is 0. The fourth-order valence-corrected chi connectivity index (χ4v) is 3.52. The van der Waals surface area contributed by atoms with Gasteiger partial charge in [-0.15, -0.1) is 0 Å². The molecule has 1 aromatic carbocycles. The molecule has 0 unspecified atom stereocenters. The van der Waals surface area contributed by atoms with E-state index in [9.17, 15) is 18.0 Å². The molecule has 2 heterocycles. The zero-order valence-corrected chi connectivity index (χ0v) is 16.0. The Balaban J connectivity index is 1.50. The molecule has 0 spiro atoms. The van der Waals surface area contributed by atoms with E-state index in [0.29, 0.717) is 30.6 Å². The van der Waals surface area contributed by atoms with Crippen molar-refractivity contribution in [3.8, 4) is 0 Å². The molecule has 2 aromatic rings. The molecule has 0 atom stereocenters. The van der Waals surface area contributed by atoms with Gasteiger partial charge in [0.1, 0.15) is 5.82 Å². The van der Waals surface area contributed by atoms with Gasteiger partial charge in [0.05, 0.1) is 5.56 Å². The lowest BCUT2D eigenvalue weighted by molar-refractivity contribution is -0.137. The van der Waals surface area contributed by atoms with Crippen molar-refractivity contribution < 1.29 is 18.0 Å². The minimum absolute atomic E-state index is 0.274. The van der Waals surface area contributed by atoms with Gasteiger partial charge in [-0.25, -0.2) is 9.78 Å². The Labute approximate surface area is 162 Å². The van der Waals surface area contributed by atoms with Gasteiger partial charge in [-0.05, 0) is 43.0 Å². The Kier molecular flexibility index (Phi) is 5.96. The highest BCUT2D eigenvalue weighted by Crippen LogP contribution is 2.30. The van der Waals surface area contributed by atoms with E-state index in [-0.39, 0.29) is 6.03 Å². The van der Waals surface area contributed by atoms with Crippen LogP contribution in [-0.2, 0) is 12.7 Å². The van der Waals surface area contributed by atoms with Crippen molar-refractivity contribution in [2.75, 3.05) is 18.4 Å². The van der Waals surface area contributed by atoms with Crippen molar-refractivity contribution in [3.05, 3.63) is 48.0 Å². The van der Waals surface area contributed by atoms with Crippen LogP contribution in [-0.4, -0.2) is 33.6 Å². The second-order valence-electron chi connectivity index (χ2n) is 7.53. The Hall–Kier alpha value is -2.51. The van der Waals surface area contributed by atoms with Gasteiger partial charge in [0.25, 0.3) is 0 Å². The number of amides is 2. The number of alkyl halides is 3. The van der Waals surface area contributed by atoms with Crippen LogP contribution in [0.4, 0.5) is 23.7 Å². The number of halogens is 3. The number of benzene rings is 1. The molecule has 1 aromatic heterocycles. The summed E-state index contributed by atoms with van der Waals surface area (Å²) in [6.07, 6.45) is 1.21. The summed E-state index contributed by atoms with van der Waals surface area (Å²) in [6, 6.07) is 4.22. The SMILES string of the molecule is CC(C)c1nccn1CC1CCN(C(=O)Nc2ccc(C(F)(F)F)cc2)CC1. The van der Waals surface area contributed by atoms with Crippen LogP contribution in [0.1, 0.15) is 44.0 Å². The van der Waals surface area contributed by atoms with E-state index in [1.54, 1.807) is 4.90 Å². The lowest BCUT2D eigenvalue weighted by Gasteiger charge is -2.32. The lowest BCUT2D eigenvalue weighted by atomic mass is 9.96. The molecule has 3 rings (SSSR count). The van der Waals surface area contributed by atoms with E-state index in [1.165, 1.54) is 12.1 Å². The maximum Gasteiger partial charge on any atom is 0.416 e. The van der Waals surface area contributed by atoms with E-state index < -0.39 is 11.7 Å². The third-order valence-electron chi connectivity index (χ3n) is 5.08. The van der Waals surface area contributed by atoms with Crippen LogP contribution >= 0.6 is 0 Å². The number of hydrogen-bond donors (Lipinski definition) is 1. The number of imidazole rings is 1. The van der Waals surface area contributed by atoms with Crippen molar-refractivity contribution in [1.82, 2.24) is 14.5 Å². The van der Waals surface area contributed by atoms with Crippen LogP contribution in [0, 0.1) is 5.92 Å². The smallest absolute Gasteiger partial charge is 0.334 e. The summed E-state index contributed by atoms with van der Waals surface area (Å²) in [5, 5.41) is 2.68. The van der Waals surface area contributed by atoms with Crippen LogP contribution < -0.4 is 5.32 Å². The van der Waals surface area contributed by atoms with E-state index >= 15 is 0 Å². The van der Waals surface area contributed by atoms with Gasteiger partial charge in [-0.1, -0.05) is 13.8 Å². The number of aromatic nitrogens is 2. The highest BCUT2D eigenvalue weighted by molar-refractivity contribution is 5.89. The van der Waals surface area contributed by atoms with Crippen LogP contribution in [0.5, 0.6) is 0 Å². The van der Waals surface area contributed by atoms with E-state index in [0.717, 1.165) is 37.3 Å². The highest BCUT2D eigenvalue weighted by atomic mass is 19.4. The van der Waals surface area contributed by atoms with Crippen molar-refractivity contribution in [2.24, 2.45) is 5.92 Å². The van der Waals surface area contributed by atoms with Gasteiger partial charge < -0.3 is 14.8 Å². The van der Waals surface area contributed by atoms with Gasteiger partial charge >= 0.3 is 12.2 Å². The number of carbonyl (C=O) groups is 1. The molecule has 0 aliphatic carbocycles. The number of likely N-dealkylation sites (tertiary alicyclic amines) is 1. The second kappa shape index (κ2) is 8.24. The molecule has 1 aliphatic heterocycles. The fraction of sp³-hybridized carbons (Fsp3) is 0.500. The average molecular weight is 394 g/mol. The molecule has 1 fully saturated rings. The predicted octanol–water partition coefficient (Wildman–Crippen LogP) is 4.97. The van der Waals surface area contributed by atoms with Crippen LogP contribution in [0.15, 0.2) is 36.7 Å². The fourth-order valence-electron chi connectivity index (χ4n) is 3.52. The lowest BCUT2D eigenvalue weighted by Crippen LogP contribution is -2.41. The largest absolute Gasteiger partial charge is 0.416 e. The van der Waals surface area contributed by atoms with Gasteiger partial charge in [-0.2, -0.15) is 13.2 Å². The molecule has 1 aliphatic rings. The number of nitrogens with zero attached hydrogens (tertiary/aromatic N) is 3. The maximum absolute atomic E-state index is 12.6. The minimum atomic E-state index is -4.38. The van der Waals surface area contributed by atoms with Crippen molar-refractivity contribution in [3.63, 3.8) is 0 Å². The first-order valence-electron chi connectivity index (χ1n) is 9.48. The highest BCUT2D eigenvalue weighted by Gasteiger charge is 2.30. The van der Waals surface area contributed by atoms with E-state index in [1.807, 2.05) is 12.4 Å². The third kappa shape index (κ3) is 4.85. The molecule has 1 N–H and O–H groups in total. The number of hydrogen-bond acceptors (Lipinski definition) is 2. The molecular weight excluding hydrogens is 369 g/mol. The molecule has 0 saturated carbocycles. The third-order valence-corrected chi connectivity index (χ3v) is 5.08. The summed E-state index contributed by atoms with van der Waals surface area (Å²) in [5.74, 6) is 1.91. The molecule has 1 saturated heterocycles. The number of carbonyl (C=O) groups excluding carboxylic acids is 1. The molecule has 5 nitrogen and oxygen atoms in total. The Morgan fingerprint density at radius 3 is 2.43 bits per heavy atom. The summed E-state index contributed by atoms with van der Waals surface area (Å²) >= 11 is 0. The van der Waals surface area contributed by atoms with Gasteiger partial charge in [-0.3, -0.25) is 0 Å². The Morgan fingerprint density at radius 2 is 1.86 bits per heavy atom. The summed E-state index contributed by atoms with van der Waals surface area (Å²) < 4.78 is 40.0. The van der Waals surface area contributed by atoms with Gasteiger partial charge in [0, 0.05) is 43.6 Å². The molecular formula is C20H25F3N4O. The Bertz CT molecular complexity index is 791. The predicted molar refractivity (Wildman–Crippen MR) is 101 cm³/mol. The zero-order valence-electron chi connectivity index (χ0n) is 16.0. The van der Waals surface area contributed by atoms with Crippen LogP contribution in [0.25, 0.3) is 0 Å². The molecule has 152 valence electrons. The zero-order chi connectivity index (χ0) is 20.3. The van der Waals surface area contributed by atoms with Crippen molar-refractivity contribution in [1.29, 1.82) is 0 Å².